The highest BCUT2D eigenvalue weighted by molar-refractivity contribution is 7.07. The van der Waals surface area contributed by atoms with E-state index in [1.165, 1.54) is 5.56 Å². The number of carbonyl (C=O) groups is 1. The first-order valence-electron chi connectivity index (χ1n) is 5.37. The average Bonchev–Trinajstić information content (AvgIpc) is 2.62. The van der Waals surface area contributed by atoms with E-state index in [9.17, 15) is 4.79 Å². The number of carboxylic acids is 1. The zero-order valence-electron chi connectivity index (χ0n) is 10.1. The van der Waals surface area contributed by atoms with E-state index in [1.54, 1.807) is 11.3 Å². The summed E-state index contributed by atoms with van der Waals surface area (Å²) in [4.78, 5) is 12.8. The van der Waals surface area contributed by atoms with Gasteiger partial charge in [0, 0.05) is 18.6 Å². The predicted molar refractivity (Wildman–Crippen MR) is 66.7 cm³/mol. The second-order valence-corrected chi connectivity index (χ2v) is 5.65. The maximum Gasteiger partial charge on any atom is 0.304 e. The Labute approximate surface area is 101 Å². The monoisotopic (exact) mass is 241 g/mol. The van der Waals surface area contributed by atoms with E-state index in [0.717, 1.165) is 6.54 Å². The van der Waals surface area contributed by atoms with Crippen LogP contribution in [0.5, 0.6) is 0 Å². The van der Waals surface area contributed by atoms with E-state index in [2.05, 4.69) is 37.1 Å². The molecular weight excluding hydrogens is 222 g/mol. The highest BCUT2D eigenvalue weighted by Crippen LogP contribution is 2.18. The predicted octanol–water partition coefficient (Wildman–Crippen LogP) is 2.82. The molecule has 1 aromatic heterocycles. The molecule has 0 radical (unpaired) electrons. The van der Waals surface area contributed by atoms with E-state index in [1.807, 2.05) is 5.38 Å². The van der Waals surface area contributed by atoms with Crippen molar-refractivity contribution in [2.75, 3.05) is 6.54 Å². The SMILES string of the molecule is CC(C)(C)N(CCC(=O)O)Cc1ccsc1. The lowest BCUT2D eigenvalue weighted by molar-refractivity contribution is -0.137. The molecular formula is C12H19NO2S. The molecule has 1 rings (SSSR count). The van der Waals surface area contributed by atoms with Crippen LogP contribution in [0.2, 0.25) is 0 Å². The fourth-order valence-electron chi connectivity index (χ4n) is 1.49. The van der Waals surface area contributed by atoms with Crippen molar-refractivity contribution in [3.05, 3.63) is 22.4 Å². The summed E-state index contributed by atoms with van der Waals surface area (Å²) >= 11 is 1.67. The third-order valence-corrected chi connectivity index (χ3v) is 3.23. The summed E-state index contributed by atoms with van der Waals surface area (Å²) in [5, 5.41) is 12.9. The number of thiophene rings is 1. The van der Waals surface area contributed by atoms with Crippen molar-refractivity contribution in [1.29, 1.82) is 0 Å². The first kappa shape index (κ1) is 13.2. The molecule has 0 bridgehead atoms. The Morgan fingerprint density at radius 2 is 2.19 bits per heavy atom. The Hall–Kier alpha value is -0.870. The molecule has 0 amide bonds. The molecule has 3 nitrogen and oxygen atoms in total. The Morgan fingerprint density at radius 1 is 1.50 bits per heavy atom. The van der Waals surface area contributed by atoms with E-state index in [0.29, 0.717) is 6.54 Å². The smallest absolute Gasteiger partial charge is 0.304 e. The molecule has 4 heteroatoms. The molecule has 0 aliphatic heterocycles. The van der Waals surface area contributed by atoms with Crippen molar-refractivity contribution < 1.29 is 9.90 Å². The molecule has 16 heavy (non-hydrogen) atoms. The van der Waals surface area contributed by atoms with Gasteiger partial charge in [0.15, 0.2) is 0 Å². The molecule has 0 aliphatic rings. The Morgan fingerprint density at radius 3 is 2.62 bits per heavy atom. The number of aliphatic carboxylic acids is 1. The Bertz CT molecular complexity index is 327. The summed E-state index contributed by atoms with van der Waals surface area (Å²) in [5.74, 6) is -0.737. The van der Waals surface area contributed by atoms with Crippen LogP contribution in [0.4, 0.5) is 0 Å². The second kappa shape index (κ2) is 5.46. The number of hydrogen-bond acceptors (Lipinski definition) is 3. The maximum atomic E-state index is 10.6. The van der Waals surface area contributed by atoms with E-state index in [4.69, 9.17) is 5.11 Å². The molecule has 0 aliphatic carbocycles. The van der Waals surface area contributed by atoms with E-state index in [-0.39, 0.29) is 12.0 Å². The quantitative estimate of drug-likeness (QED) is 0.861. The van der Waals surface area contributed by atoms with Gasteiger partial charge in [-0.2, -0.15) is 11.3 Å². The van der Waals surface area contributed by atoms with Crippen molar-refractivity contribution in [3.63, 3.8) is 0 Å². The normalized spacial score (nSPS) is 12.0. The fourth-order valence-corrected chi connectivity index (χ4v) is 2.15. The van der Waals surface area contributed by atoms with Crippen molar-refractivity contribution in [1.82, 2.24) is 4.90 Å². The number of hydrogen-bond donors (Lipinski definition) is 1. The number of nitrogens with zero attached hydrogens (tertiary/aromatic N) is 1. The minimum Gasteiger partial charge on any atom is -0.481 e. The van der Waals surface area contributed by atoms with E-state index >= 15 is 0 Å². The molecule has 90 valence electrons. The summed E-state index contributed by atoms with van der Waals surface area (Å²) in [6.45, 7) is 7.75. The molecule has 0 fully saturated rings. The topological polar surface area (TPSA) is 40.5 Å². The first-order chi connectivity index (χ1) is 7.39. The highest BCUT2D eigenvalue weighted by atomic mass is 32.1. The number of rotatable bonds is 5. The van der Waals surface area contributed by atoms with Gasteiger partial charge in [-0.25, -0.2) is 0 Å². The minimum absolute atomic E-state index is 0.00259. The van der Waals surface area contributed by atoms with Gasteiger partial charge < -0.3 is 5.11 Å². The molecule has 0 saturated heterocycles. The van der Waals surface area contributed by atoms with Crippen LogP contribution in [-0.4, -0.2) is 28.1 Å². The van der Waals surface area contributed by atoms with Crippen LogP contribution < -0.4 is 0 Å². The van der Waals surface area contributed by atoms with Crippen LogP contribution in [0.25, 0.3) is 0 Å². The lowest BCUT2D eigenvalue weighted by atomic mass is 10.0. The zero-order chi connectivity index (χ0) is 12.2. The van der Waals surface area contributed by atoms with Crippen LogP contribution in [0.1, 0.15) is 32.8 Å². The molecule has 1 heterocycles. The van der Waals surface area contributed by atoms with Crippen molar-refractivity contribution in [2.24, 2.45) is 0 Å². The largest absolute Gasteiger partial charge is 0.481 e. The lowest BCUT2D eigenvalue weighted by Crippen LogP contribution is -2.41. The lowest BCUT2D eigenvalue weighted by Gasteiger charge is -2.35. The molecule has 1 N–H and O–H groups in total. The summed E-state index contributed by atoms with van der Waals surface area (Å²) in [6.07, 6.45) is 0.196. The Balaban J connectivity index is 2.61. The van der Waals surface area contributed by atoms with Gasteiger partial charge in [0.2, 0.25) is 0 Å². The first-order valence-corrected chi connectivity index (χ1v) is 6.32. The van der Waals surface area contributed by atoms with Crippen LogP contribution >= 0.6 is 11.3 Å². The summed E-state index contributed by atoms with van der Waals surface area (Å²) in [6, 6.07) is 2.09. The average molecular weight is 241 g/mol. The number of carboxylic acid groups (broad SMARTS) is 1. The van der Waals surface area contributed by atoms with Crippen LogP contribution in [0.3, 0.4) is 0 Å². The second-order valence-electron chi connectivity index (χ2n) is 4.87. The van der Waals surface area contributed by atoms with Crippen LogP contribution in [0, 0.1) is 0 Å². The Kier molecular flexibility index (Phi) is 4.50. The molecule has 0 spiro atoms. The summed E-state index contributed by atoms with van der Waals surface area (Å²) < 4.78 is 0. The van der Waals surface area contributed by atoms with Gasteiger partial charge in [0.1, 0.15) is 0 Å². The zero-order valence-corrected chi connectivity index (χ0v) is 10.9. The van der Waals surface area contributed by atoms with Crippen molar-refractivity contribution in [3.8, 4) is 0 Å². The van der Waals surface area contributed by atoms with E-state index < -0.39 is 5.97 Å². The van der Waals surface area contributed by atoms with Crippen LogP contribution in [-0.2, 0) is 11.3 Å². The van der Waals surface area contributed by atoms with Crippen LogP contribution in [0.15, 0.2) is 16.8 Å². The van der Waals surface area contributed by atoms with Crippen molar-refractivity contribution >= 4 is 17.3 Å². The highest BCUT2D eigenvalue weighted by Gasteiger charge is 2.21. The fraction of sp³-hybridized carbons (Fsp3) is 0.583. The summed E-state index contributed by atoms with van der Waals surface area (Å²) in [5.41, 5.74) is 1.25. The molecule has 0 aromatic carbocycles. The standard InChI is InChI=1S/C12H19NO2S/c1-12(2,3)13(6-4-11(14)15)8-10-5-7-16-9-10/h5,7,9H,4,6,8H2,1-3H3,(H,14,15). The summed E-state index contributed by atoms with van der Waals surface area (Å²) in [7, 11) is 0. The maximum absolute atomic E-state index is 10.6. The van der Waals surface area contributed by atoms with Gasteiger partial charge >= 0.3 is 5.97 Å². The van der Waals surface area contributed by atoms with Gasteiger partial charge in [0.05, 0.1) is 6.42 Å². The van der Waals surface area contributed by atoms with Gasteiger partial charge in [-0.1, -0.05) is 0 Å². The van der Waals surface area contributed by atoms with Gasteiger partial charge in [-0.3, -0.25) is 9.69 Å². The molecule has 0 atom stereocenters. The molecule has 1 aromatic rings. The van der Waals surface area contributed by atoms with Gasteiger partial charge in [0.25, 0.3) is 0 Å². The third-order valence-electron chi connectivity index (χ3n) is 2.50. The van der Waals surface area contributed by atoms with Crippen molar-refractivity contribution in [2.45, 2.75) is 39.3 Å². The third kappa shape index (κ3) is 4.33. The minimum atomic E-state index is -0.737. The molecule has 0 saturated carbocycles. The van der Waals surface area contributed by atoms with Gasteiger partial charge in [-0.05, 0) is 43.2 Å². The van der Waals surface area contributed by atoms with Gasteiger partial charge in [-0.15, -0.1) is 0 Å². The molecule has 0 unspecified atom stereocenters.